The van der Waals surface area contributed by atoms with Crippen molar-refractivity contribution in [3.8, 4) is 0 Å². The van der Waals surface area contributed by atoms with Crippen LogP contribution in [0.1, 0.15) is 43.5 Å². The monoisotopic (exact) mass is 295 g/mol. The van der Waals surface area contributed by atoms with Crippen molar-refractivity contribution in [1.29, 1.82) is 0 Å². The fraction of sp³-hybridized carbons (Fsp3) is 0.467. The number of hydrogen-bond donors (Lipinski definition) is 1. The van der Waals surface area contributed by atoms with Crippen molar-refractivity contribution in [3.05, 3.63) is 47.1 Å². The SMILES string of the molecule is CCC(NC)C(C)c1nc(Cc2ccc(F)cc2F)no1. The average Bonchev–Trinajstić information content (AvgIpc) is 2.92. The van der Waals surface area contributed by atoms with Crippen molar-refractivity contribution in [3.63, 3.8) is 0 Å². The Bertz CT molecular complexity index is 596. The van der Waals surface area contributed by atoms with Gasteiger partial charge in [-0.15, -0.1) is 0 Å². The van der Waals surface area contributed by atoms with Crippen LogP contribution in [0.25, 0.3) is 0 Å². The first kappa shape index (κ1) is 15.6. The standard InChI is InChI=1S/C15H19F2N3O/c1-4-13(18-3)9(2)15-19-14(20-21-15)7-10-5-6-11(16)8-12(10)17/h5-6,8-9,13,18H,4,7H2,1-3H3. The van der Waals surface area contributed by atoms with E-state index in [4.69, 9.17) is 4.52 Å². The predicted molar refractivity (Wildman–Crippen MR) is 75.0 cm³/mol. The van der Waals surface area contributed by atoms with E-state index in [0.717, 1.165) is 12.5 Å². The molecule has 0 fully saturated rings. The summed E-state index contributed by atoms with van der Waals surface area (Å²) in [6.07, 6.45) is 1.11. The van der Waals surface area contributed by atoms with Crippen LogP contribution >= 0.6 is 0 Å². The molecule has 1 aromatic carbocycles. The third-order valence-corrected chi connectivity index (χ3v) is 3.65. The second-order valence-electron chi connectivity index (χ2n) is 5.05. The lowest BCUT2D eigenvalue weighted by molar-refractivity contribution is 0.324. The van der Waals surface area contributed by atoms with Gasteiger partial charge in [-0.1, -0.05) is 25.1 Å². The zero-order chi connectivity index (χ0) is 15.4. The van der Waals surface area contributed by atoms with Crippen LogP contribution in [0.4, 0.5) is 8.78 Å². The number of halogens is 2. The summed E-state index contributed by atoms with van der Waals surface area (Å²) in [7, 11) is 1.88. The Morgan fingerprint density at radius 3 is 2.71 bits per heavy atom. The Kier molecular flexibility index (Phi) is 5.01. The number of rotatable bonds is 6. The highest BCUT2D eigenvalue weighted by molar-refractivity contribution is 5.21. The van der Waals surface area contributed by atoms with Gasteiger partial charge in [0.1, 0.15) is 11.6 Å². The smallest absolute Gasteiger partial charge is 0.231 e. The largest absolute Gasteiger partial charge is 0.339 e. The summed E-state index contributed by atoms with van der Waals surface area (Å²) in [5, 5.41) is 7.07. The van der Waals surface area contributed by atoms with Gasteiger partial charge in [0.05, 0.1) is 5.92 Å². The molecule has 0 aliphatic heterocycles. The number of hydrogen-bond acceptors (Lipinski definition) is 4. The van der Waals surface area contributed by atoms with Crippen molar-refractivity contribution in [2.24, 2.45) is 0 Å². The number of benzene rings is 1. The normalized spacial score (nSPS) is 14.1. The van der Waals surface area contributed by atoms with E-state index in [9.17, 15) is 8.78 Å². The first-order valence-corrected chi connectivity index (χ1v) is 6.98. The summed E-state index contributed by atoms with van der Waals surface area (Å²) in [6.45, 7) is 4.07. The van der Waals surface area contributed by atoms with Gasteiger partial charge in [-0.2, -0.15) is 4.98 Å². The number of nitrogens with zero attached hydrogens (tertiary/aromatic N) is 2. The van der Waals surface area contributed by atoms with Crippen molar-refractivity contribution < 1.29 is 13.3 Å². The van der Waals surface area contributed by atoms with Gasteiger partial charge >= 0.3 is 0 Å². The minimum atomic E-state index is -0.601. The Morgan fingerprint density at radius 1 is 1.33 bits per heavy atom. The molecule has 0 radical (unpaired) electrons. The minimum absolute atomic E-state index is 0.0688. The van der Waals surface area contributed by atoms with E-state index in [0.29, 0.717) is 17.3 Å². The molecule has 2 atom stereocenters. The summed E-state index contributed by atoms with van der Waals surface area (Å²) in [6, 6.07) is 3.70. The maximum Gasteiger partial charge on any atom is 0.231 e. The van der Waals surface area contributed by atoms with E-state index in [1.54, 1.807) is 0 Å². The highest BCUT2D eigenvalue weighted by atomic mass is 19.1. The summed E-state index contributed by atoms with van der Waals surface area (Å²) in [5.74, 6) is -0.212. The molecule has 4 nitrogen and oxygen atoms in total. The molecule has 114 valence electrons. The van der Waals surface area contributed by atoms with Crippen LogP contribution in [0, 0.1) is 11.6 Å². The maximum atomic E-state index is 13.6. The average molecular weight is 295 g/mol. The summed E-state index contributed by atoms with van der Waals surface area (Å²) in [4.78, 5) is 4.31. The molecule has 6 heteroatoms. The van der Waals surface area contributed by atoms with E-state index in [-0.39, 0.29) is 18.4 Å². The van der Waals surface area contributed by atoms with Gasteiger partial charge in [-0.25, -0.2) is 8.78 Å². The first-order chi connectivity index (χ1) is 10.0. The number of likely N-dealkylation sites (N-methyl/N-ethyl adjacent to an activating group) is 1. The van der Waals surface area contributed by atoms with Crippen LogP contribution in [0.3, 0.4) is 0 Å². The van der Waals surface area contributed by atoms with E-state index in [2.05, 4.69) is 22.4 Å². The number of aromatic nitrogens is 2. The molecule has 2 aromatic rings. The molecular weight excluding hydrogens is 276 g/mol. The van der Waals surface area contributed by atoms with Crippen LogP contribution in [-0.2, 0) is 6.42 Å². The van der Waals surface area contributed by atoms with Gasteiger partial charge in [0.25, 0.3) is 0 Å². The van der Waals surface area contributed by atoms with Gasteiger partial charge < -0.3 is 9.84 Å². The van der Waals surface area contributed by atoms with Crippen LogP contribution in [0.5, 0.6) is 0 Å². The highest BCUT2D eigenvalue weighted by Crippen LogP contribution is 2.20. The Hall–Kier alpha value is -1.82. The van der Waals surface area contributed by atoms with Gasteiger partial charge in [-0.05, 0) is 25.1 Å². The Labute approximate surface area is 122 Å². The highest BCUT2D eigenvalue weighted by Gasteiger charge is 2.22. The maximum absolute atomic E-state index is 13.6. The predicted octanol–water partition coefficient (Wildman–Crippen LogP) is 3.04. The van der Waals surface area contributed by atoms with E-state index < -0.39 is 11.6 Å². The van der Waals surface area contributed by atoms with Crippen molar-refractivity contribution >= 4 is 0 Å². The van der Waals surface area contributed by atoms with Crippen LogP contribution in [0.2, 0.25) is 0 Å². The molecule has 1 aromatic heterocycles. The van der Waals surface area contributed by atoms with Crippen molar-refractivity contribution in [1.82, 2.24) is 15.5 Å². The van der Waals surface area contributed by atoms with Crippen LogP contribution in [-0.4, -0.2) is 23.2 Å². The minimum Gasteiger partial charge on any atom is -0.339 e. The molecule has 1 heterocycles. The Morgan fingerprint density at radius 2 is 2.10 bits per heavy atom. The molecule has 21 heavy (non-hydrogen) atoms. The first-order valence-electron chi connectivity index (χ1n) is 6.98. The molecular formula is C15H19F2N3O. The molecule has 0 saturated carbocycles. The quantitative estimate of drug-likeness (QED) is 0.890. The third-order valence-electron chi connectivity index (χ3n) is 3.65. The van der Waals surface area contributed by atoms with E-state index in [1.165, 1.54) is 12.1 Å². The van der Waals surface area contributed by atoms with Gasteiger partial charge in [0.2, 0.25) is 5.89 Å². The van der Waals surface area contributed by atoms with Crippen molar-refractivity contribution in [2.45, 2.75) is 38.6 Å². The number of nitrogens with one attached hydrogen (secondary N) is 1. The molecule has 2 unspecified atom stereocenters. The van der Waals surface area contributed by atoms with Crippen molar-refractivity contribution in [2.75, 3.05) is 7.05 Å². The summed E-state index contributed by atoms with van der Waals surface area (Å²) >= 11 is 0. The molecule has 0 bridgehead atoms. The van der Waals surface area contributed by atoms with Gasteiger partial charge in [0.15, 0.2) is 5.82 Å². The second kappa shape index (κ2) is 6.76. The lowest BCUT2D eigenvalue weighted by Gasteiger charge is -2.18. The van der Waals surface area contributed by atoms with Crippen LogP contribution in [0.15, 0.2) is 22.7 Å². The molecule has 0 aliphatic rings. The molecule has 0 aliphatic carbocycles. The van der Waals surface area contributed by atoms with Gasteiger partial charge in [-0.3, -0.25) is 0 Å². The lowest BCUT2D eigenvalue weighted by atomic mass is 10.00. The second-order valence-corrected chi connectivity index (χ2v) is 5.05. The zero-order valence-corrected chi connectivity index (χ0v) is 12.4. The zero-order valence-electron chi connectivity index (χ0n) is 12.4. The van der Waals surface area contributed by atoms with Gasteiger partial charge in [0, 0.05) is 18.5 Å². The lowest BCUT2D eigenvalue weighted by Crippen LogP contribution is -2.30. The summed E-state index contributed by atoms with van der Waals surface area (Å²) in [5.41, 5.74) is 0.345. The fourth-order valence-corrected chi connectivity index (χ4v) is 2.34. The fourth-order valence-electron chi connectivity index (χ4n) is 2.34. The topological polar surface area (TPSA) is 51.0 Å². The molecule has 2 rings (SSSR count). The van der Waals surface area contributed by atoms with E-state index >= 15 is 0 Å². The van der Waals surface area contributed by atoms with E-state index in [1.807, 2.05) is 14.0 Å². The third kappa shape index (κ3) is 3.64. The molecule has 0 amide bonds. The molecule has 1 N–H and O–H groups in total. The summed E-state index contributed by atoms with van der Waals surface area (Å²) < 4.78 is 31.7. The Balaban J connectivity index is 2.13. The van der Waals surface area contributed by atoms with Crippen LogP contribution < -0.4 is 5.32 Å². The molecule has 0 spiro atoms. The molecule has 0 saturated heterocycles.